The van der Waals surface area contributed by atoms with Crippen LogP contribution in [-0.4, -0.2) is 67.4 Å². The molecule has 29 heavy (non-hydrogen) atoms. The van der Waals surface area contributed by atoms with Crippen LogP contribution in [-0.2, 0) is 4.74 Å². The SMILES string of the molecule is Cc1ccc2c(N3CCN(c4ccnc(N5CCOCC5)n4)CC3)ccnc2c1. The van der Waals surface area contributed by atoms with Gasteiger partial charge in [-0.25, -0.2) is 4.98 Å². The van der Waals surface area contributed by atoms with Crippen LogP contribution >= 0.6 is 0 Å². The van der Waals surface area contributed by atoms with Crippen molar-refractivity contribution in [2.24, 2.45) is 0 Å². The van der Waals surface area contributed by atoms with E-state index in [1.807, 2.05) is 18.5 Å². The largest absolute Gasteiger partial charge is 0.378 e. The maximum absolute atomic E-state index is 5.44. The standard InChI is InChI=1S/C22H26N6O/c1-17-2-3-18-19(16-17)23-6-4-20(18)26-8-10-27(11-9-26)21-5-7-24-22(25-21)28-12-14-29-15-13-28/h2-7,16H,8-15H2,1H3. The van der Waals surface area contributed by atoms with Crippen molar-refractivity contribution < 1.29 is 4.74 Å². The summed E-state index contributed by atoms with van der Waals surface area (Å²) in [6, 6.07) is 10.7. The Morgan fingerprint density at radius 3 is 2.38 bits per heavy atom. The lowest BCUT2D eigenvalue weighted by Gasteiger charge is -2.37. The molecule has 0 radical (unpaired) electrons. The molecule has 0 spiro atoms. The fraction of sp³-hybridized carbons (Fsp3) is 0.409. The van der Waals surface area contributed by atoms with Crippen LogP contribution < -0.4 is 14.7 Å². The molecule has 2 fully saturated rings. The Morgan fingerprint density at radius 2 is 1.55 bits per heavy atom. The first-order valence-electron chi connectivity index (χ1n) is 10.3. The maximum Gasteiger partial charge on any atom is 0.227 e. The number of aromatic nitrogens is 3. The minimum Gasteiger partial charge on any atom is -0.378 e. The third-order valence-electron chi connectivity index (χ3n) is 5.74. The second-order valence-corrected chi connectivity index (χ2v) is 7.64. The van der Waals surface area contributed by atoms with E-state index in [1.54, 1.807) is 0 Å². The molecule has 0 aliphatic carbocycles. The Bertz CT molecular complexity index is 996. The number of benzene rings is 1. The summed E-state index contributed by atoms with van der Waals surface area (Å²) < 4.78 is 5.44. The number of morpholine rings is 1. The predicted octanol–water partition coefficient (Wildman–Crippen LogP) is 2.50. The maximum atomic E-state index is 5.44. The van der Waals surface area contributed by atoms with Crippen molar-refractivity contribution in [2.75, 3.05) is 67.2 Å². The number of nitrogens with zero attached hydrogens (tertiary/aromatic N) is 6. The van der Waals surface area contributed by atoms with E-state index in [2.05, 4.69) is 55.9 Å². The number of hydrogen-bond acceptors (Lipinski definition) is 7. The Labute approximate surface area is 170 Å². The first kappa shape index (κ1) is 18.1. The van der Waals surface area contributed by atoms with Crippen LogP contribution in [0.3, 0.4) is 0 Å². The van der Waals surface area contributed by atoms with Crippen LogP contribution in [0.5, 0.6) is 0 Å². The summed E-state index contributed by atoms with van der Waals surface area (Å²) in [5.74, 6) is 1.82. The molecule has 0 amide bonds. The van der Waals surface area contributed by atoms with Gasteiger partial charge in [0.25, 0.3) is 0 Å². The predicted molar refractivity (Wildman–Crippen MR) is 116 cm³/mol. The van der Waals surface area contributed by atoms with E-state index >= 15 is 0 Å². The van der Waals surface area contributed by atoms with Gasteiger partial charge >= 0.3 is 0 Å². The highest BCUT2D eigenvalue weighted by molar-refractivity contribution is 5.92. The van der Waals surface area contributed by atoms with E-state index in [9.17, 15) is 0 Å². The Morgan fingerprint density at radius 1 is 0.793 bits per heavy atom. The molecule has 0 unspecified atom stereocenters. The lowest BCUT2D eigenvalue weighted by Crippen LogP contribution is -2.47. The Kier molecular flexibility index (Phi) is 4.89. The molecule has 1 aromatic carbocycles. The minimum atomic E-state index is 0.742. The molecule has 2 aliphatic heterocycles. The molecule has 0 saturated carbocycles. The van der Waals surface area contributed by atoms with E-state index in [0.29, 0.717) is 0 Å². The summed E-state index contributed by atoms with van der Waals surface area (Å²) in [6.45, 7) is 9.10. The summed E-state index contributed by atoms with van der Waals surface area (Å²) >= 11 is 0. The first-order valence-corrected chi connectivity index (χ1v) is 10.3. The third-order valence-corrected chi connectivity index (χ3v) is 5.74. The molecule has 2 aliphatic rings. The van der Waals surface area contributed by atoms with Crippen molar-refractivity contribution in [1.82, 2.24) is 15.0 Å². The molecule has 4 heterocycles. The first-order chi connectivity index (χ1) is 14.3. The number of pyridine rings is 1. The number of ether oxygens (including phenoxy) is 1. The highest BCUT2D eigenvalue weighted by Crippen LogP contribution is 2.28. The van der Waals surface area contributed by atoms with Crippen LogP contribution in [0.25, 0.3) is 10.9 Å². The van der Waals surface area contributed by atoms with Gasteiger partial charge in [0.1, 0.15) is 5.82 Å². The van der Waals surface area contributed by atoms with Crippen LogP contribution in [0.1, 0.15) is 5.56 Å². The molecule has 7 heteroatoms. The second kappa shape index (κ2) is 7.83. The fourth-order valence-corrected chi connectivity index (χ4v) is 4.13. The third kappa shape index (κ3) is 3.70. The number of aryl methyl sites for hydroxylation is 1. The van der Waals surface area contributed by atoms with E-state index in [0.717, 1.165) is 69.8 Å². The fourth-order valence-electron chi connectivity index (χ4n) is 4.13. The molecule has 0 bridgehead atoms. The summed E-state index contributed by atoms with van der Waals surface area (Å²) in [7, 11) is 0. The van der Waals surface area contributed by atoms with Gasteiger partial charge in [-0.05, 0) is 30.7 Å². The van der Waals surface area contributed by atoms with Crippen LogP contribution in [0.2, 0.25) is 0 Å². The Balaban J connectivity index is 1.31. The molecule has 2 aromatic heterocycles. The molecular weight excluding hydrogens is 364 g/mol. The van der Waals surface area contributed by atoms with Crippen molar-refractivity contribution >= 4 is 28.4 Å². The molecule has 0 N–H and O–H groups in total. The van der Waals surface area contributed by atoms with Crippen molar-refractivity contribution in [1.29, 1.82) is 0 Å². The van der Waals surface area contributed by atoms with Crippen molar-refractivity contribution in [3.8, 4) is 0 Å². The van der Waals surface area contributed by atoms with Gasteiger partial charge in [0, 0.05) is 62.7 Å². The average molecular weight is 390 g/mol. The van der Waals surface area contributed by atoms with Gasteiger partial charge in [0.05, 0.1) is 18.7 Å². The van der Waals surface area contributed by atoms with Gasteiger partial charge in [-0.15, -0.1) is 0 Å². The highest BCUT2D eigenvalue weighted by Gasteiger charge is 2.21. The van der Waals surface area contributed by atoms with E-state index in [-0.39, 0.29) is 0 Å². The van der Waals surface area contributed by atoms with Gasteiger partial charge in [-0.3, -0.25) is 4.98 Å². The quantitative estimate of drug-likeness (QED) is 0.681. The summed E-state index contributed by atoms with van der Waals surface area (Å²) in [4.78, 5) is 20.9. The van der Waals surface area contributed by atoms with E-state index < -0.39 is 0 Å². The van der Waals surface area contributed by atoms with Crippen LogP contribution in [0.4, 0.5) is 17.5 Å². The topological polar surface area (TPSA) is 57.6 Å². The molecule has 3 aromatic rings. The summed E-state index contributed by atoms with van der Waals surface area (Å²) in [5.41, 5.74) is 3.58. The van der Waals surface area contributed by atoms with E-state index in [4.69, 9.17) is 9.72 Å². The lowest BCUT2D eigenvalue weighted by molar-refractivity contribution is 0.122. The summed E-state index contributed by atoms with van der Waals surface area (Å²) in [6.07, 6.45) is 3.79. The number of piperazine rings is 1. The smallest absolute Gasteiger partial charge is 0.227 e. The van der Waals surface area contributed by atoms with Crippen molar-refractivity contribution in [2.45, 2.75) is 6.92 Å². The molecular formula is C22H26N6O. The monoisotopic (exact) mass is 390 g/mol. The van der Waals surface area contributed by atoms with Gasteiger partial charge < -0.3 is 19.4 Å². The lowest BCUT2D eigenvalue weighted by atomic mass is 10.1. The van der Waals surface area contributed by atoms with Crippen LogP contribution in [0, 0.1) is 6.92 Å². The van der Waals surface area contributed by atoms with Crippen LogP contribution in [0.15, 0.2) is 42.7 Å². The molecule has 7 nitrogen and oxygen atoms in total. The Hall–Kier alpha value is -2.93. The summed E-state index contributed by atoms with van der Waals surface area (Å²) in [5, 5.41) is 1.23. The number of anilines is 3. The molecule has 2 saturated heterocycles. The van der Waals surface area contributed by atoms with Crippen molar-refractivity contribution in [3.05, 3.63) is 48.3 Å². The average Bonchev–Trinajstić information content (AvgIpc) is 2.79. The normalized spacial score (nSPS) is 17.8. The zero-order chi connectivity index (χ0) is 19.6. The molecule has 5 rings (SSSR count). The number of fused-ring (bicyclic) bond motifs is 1. The number of rotatable bonds is 3. The van der Waals surface area contributed by atoms with Gasteiger partial charge in [-0.1, -0.05) is 12.1 Å². The van der Waals surface area contributed by atoms with E-state index in [1.165, 1.54) is 16.6 Å². The minimum absolute atomic E-state index is 0.742. The zero-order valence-corrected chi connectivity index (χ0v) is 16.8. The van der Waals surface area contributed by atoms with Gasteiger partial charge in [-0.2, -0.15) is 4.98 Å². The zero-order valence-electron chi connectivity index (χ0n) is 16.8. The number of hydrogen-bond donors (Lipinski definition) is 0. The molecule has 150 valence electrons. The second-order valence-electron chi connectivity index (χ2n) is 7.64. The van der Waals surface area contributed by atoms with Gasteiger partial charge in [0.2, 0.25) is 5.95 Å². The van der Waals surface area contributed by atoms with Crippen molar-refractivity contribution in [3.63, 3.8) is 0 Å². The molecule has 0 atom stereocenters. The van der Waals surface area contributed by atoms with Gasteiger partial charge in [0.15, 0.2) is 0 Å². The highest BCUT2D eigenvalue weighted by atomic mass is 16.5.